The molecule has 22 heavy (non-hydrogen) atoms. The summed E-state index contributed by atoms with van der Waals surface area (Å²) in [6.07, 6.45) is 2.05. The second kappa shape index (κ2) is 6.75. The number of hydrogen-bond acceptors (Lipinski definition) is 3. The predicted molar refractivity (Wildman–Crippen MR) is 86.6 cm³/mol. The summed E-state index contributed by atoms with van der Waals surface area (Å²) >= 11 is 0. The molecule has 2 aromatic carbocycles. The third-order valence-electron chi connectivity index (χ3n) is 4.43. The normalized spacial score (nSPS) is 20.2. The van der Waals surface area contributed by atoms with Crippen molar-refractivity contribution < 1.29 is 9.53 Å². The standard InChI is InChI=1S/C19H21NO2/c20-12-18(21)22-13-16-11-10-14-6-4-5-9-17(14)19(16)15-7-2-1-3-8-15/h1-9,16,19H,10-13,20H2. The molecule has 1 aliphatic carbocycles. The fourth-order valence-electron chi connectivity index (χ4n) is 3.38. The smallest absolute Gasteiger partial charge is 0.319 e. The number of carbonyl (C=O) groups is 1. The van der Waals surface area contributed by atoms with E-state index >= 15 is 0 Å². The zero-order valence-electron chi connectivity index (χ0n) is 12.6. The van der Waals surface area contributed by atoms with Gasteiger partial charge < -0.3 is 10.5 Å². The number of benzene rings is 2. The molecule has 0 spiro atoms. The molecule has 3 heteroatoms. The zero-order valence-corrected chi connectivity index (χ0v) is 12.6. The monoisotopic (exact) mass is 295 g/mol. The van der Waals surface area contributed by atoms with Gasteiger partial charge >= 0.3 is 5.97 Å². The van der Waals surface area contributed by atoms with Crippen LogP contribution in [0.3, 0.4) is 0 Å². The molecule has 0 heterocycles. The lowest BCUT2D eigenvalue weighted by molar-refractivity contribution is -0.143. The van der Waals surface area contributed by atoms with Gasteiger partial charge in [-0.05, 0) is 29.5 Å². The first-order chi connectivity index (χ1) is 10.8. The third-order valence-corrected chi connectivity index (χ3v) is 4.43. The number of carbonyl (C=O) groups excluding carboxylic acids is 1. The summed E-state index contributed by atoms with van der Waals surface area (Å²) in [6, 6.07) is 19.1. The highest BCUT2D eigenvalue weighted by Crippen LogP contribution is 2.40. The molecule has 0 radical (unpaired) electrons. The van der Waals surface area contributed by atoms with Gasteiger partial charge in [0.05, 0.1) is 13.2 Å². The van der Waals surface area contributed by atoms with E-state index in [4.69, 9.17) is 10.5 Å². The lowest BCUT2D eigenvalue weighted by Gasteiger charge is -2.33. The first-order valence-corrected chi connectivity index (χ1v) is 7.78. The molecule has 0 fully saturated rings. The van der Waals surface area contributed by atoms with Crippen LogP contribution < -0.4 is 5.73 Å². The first-order valence-electron chi connectivity index (χ1n) is 7.78. The highest BCUT2D eigenvalue weighted by molar-refractivity contribution is 5.71. The van der Waals surface area contributed by atoms with Crippen LogP contribution in [0, 0.1) is 5.92 Å². The van der Waals surface area contributed by atoms with E-state index in [0.717, 1.165) is 12.8 Å². The minimum Gasteiger partial charge on any atom is -0.464 e. The average Bonchev–Trinajstić information content (AvgIpc) is 2.59. The second-order valence-electron chi connectivity index (χ2n) is 5.77. The molecule has 3 nitrogen and oxygen atoms in total. The summed E-state index contributed by atoms with van der Waals surface area (Å²) in [6.45, 7) is 0.378. The molecule has 3 rings (SSSR count). The Morgan fingerprint density at radius 3 is 2.59 bits per heavy atom. The summed E-state index contributed by atoms with van der Waals surface area (Å²) in [5, 5.41) is 0. The van der Waals surface area contributed by atoms with E-state index < -0.39 is 0 Å². The van der Waals surface area contributed by atoms with Crippen molar-refractivity contribution in [3.8, 4) is 0 Å². The van der Waals surface area contributed by atoms with Gasteiger partial charge in [0.15, 0.2) is 0 Å². The highest BCUT2D eigenvalue weighted by Gasteiger charge is 2.31. The molecule has 2 aromatic rings. The van der Waals surface area contributed by atoms with Crippen LogP contribution in [-0.2, 0) is 16.0 Å². The van der Waals surface area contributed by atoms with Crippen molar-refractivity contribution in [2.45, 2.75) is 18.8 Å². The number of esters is 1. The molecule has 0 bridgehead atoms. The second-order valence-corrected chi connectivity index (χ2v) is 5.77. The average molecular weight is 295 g/mol. The molecule has 2 atom stereocenters. The number of rotatable bonds is 4. The van der Waals surface area contributed by atoms with Crippen molar-refractivity contribution in [1.29, 1.82) is 0 Å². The van der Waals surface area contributed by atoms with Gasteiger partial charge in [0.25, 0.3) is 0 Å². The van der Waals surface area contributed by atoms with Crippen LogP contribution >= 0.6 is 0 Å². The van der Waals surface area contributed by atoms with Gasteiger partial charge in [-0.3, -0.25) is 4.79 Å². The van der Waals surface area contributed by atoms with E-state index in [2.05, 4.69) is 48.5 Å². The van der Waals surface area contributed by atoms with Gasteiger partial charge in [0.2, 0.25) is 0 Å². The van der Waals surface area contributed by atoms with Gasteiger partial charge in [-0.2, -0.15) is 0 Å². The molecule has 1 aliphatic rings. The lowest BCUT2D eigenvalue weighted by Crippen LogP contribution is -2.28. The molecular formula is C19H21NO2. The molecule has 2 N–H and O–H groups in total. The number of aryl methyl sites for hydroxylation is 1. The summed E-state index contributed by atoms with van der Waals surface area (Å²) in [4.78, 5) is 11.4. The van der Waals surface area contributed by atoms with E-state index in [9.17, 15) is 4.79 Å². The number of ether oxygens (including phenoxy) is 1. The van der Waals surface area contributed by atoms with Crippen LogP contribution in [0.2, 0.25) is 0 Å². The van der Waals surface area contributed by atoms with Gasteiger partial charge in [-0.1, -0.05) is 54.6 Å². The first kappa shape index (κ1) is 14.8. The molecule has 2 unspecified atom stereocenters. The lowest BCUT2D eigenvalue weighted by atomic mass is 9.72. The number of nitrogens with two attached hydrogens (primary N) is 1. The van der Waals surface area contributed by atoms with E-state index in [1.54, 1.807) is 0 Å². The quantitative estimate of drug-likeness (QED) is 0.882. The van der Waals surface area contributed by atoms with Crippen molar-refractivity contribution in [3.63, 3.8) is 0 Å². The summed E-state index contributed by atoms with van der Waals surface area (Å²) in [7, 11) is 0. The summed E-state index contributed by atoms with van der Waals surface area (Å²) < 4.78 is 5.33. The number of fused-ring (bicyclic) bond motifs is 1. The van der Waals surface area contributed by atoms with Crippen LogP contribution in [0.4, 0.5) is 0 Å². The Balaban J connectivity index is 1.91. The van der Waals surface area contributed by atoms with Crippen molar-refractivity contribution >= 4 is 5.97 Å². The van der Waals surface area contributed by atoms with E-state index in [-0.39, 0.29) is 18.4 Å². The van der Waals surface area contributed by atoms with Crippen LogP contribution in [0.5, 0.6) is 0 Å². The Morgan fingerprint density at radius 1 is 1.09 bits per heavy atom. The Kier molecular flexibility index (Phi) is 4.54. The van der Waals surface area contributed by atoms with Crippen LogP contribution in [0.15, 0.2) is 54.6 Å². The minimum atomic E-state index is -0.328. The molecule has 0 amide bonds. The Bertz CT molecular complexity index is 639. The summed E-state index contributed by atoms with van der Waals surface area (Å²) in [5.74, 6) is 0.246. The van der Waals surface area contributed by atoms with E-state index in [1.807, 2.05) is 6.07 Å². The SMILES string of the molecule is NCC(=O)OCC1CCc2ccccc2C1c1ccccc1. The maximum absolute atomic E-state index is 11.4. The maximum Gasteiger partial charge on any atom is 0.319 e. The Hall–Kier alpha value is -2.13. The van der Waals surface area contributed by atoms with Crippen molar-refractivity contribution in [2.24, 2.45) is 11.7 Å². The van der Waals surface area contributed by atoms with Crippen LogP contribution in [0.1, 0.15) is 29.0 Å². The topological polar surface area (TPSA) is 52.3 Å². The zero-order chi connectivity index (χ0) is 15.4. The molecule has 0 aromatic heterocycles. The molecule has 0 aliphatic heterocycles. The van der Waals surface area contributed by atoms with Gasteiger partial charge in [-0.15, -0.1) is 0 Å². The van der Waals surface area contributed by atoms with Crippen molar-refractivity contribution in [1.82, 2.24) is 0 Å². The number of hydrogen-bond donors (Lipinski definition) is 1. The van der Waals surface area contributed by atoms with Gasteiger partial charge in [0.1, 0.15) is 0 Å². The van der Waals surface area contributed by atoms with Crippen LogP contribution in [-0.4, -0.2) is 19.1 Å². The largest absolute Gasteiger partial charge is 0.464 e. The summed E-state index contributed by atoms with van der Waals surface area (Å²) in [5.41, 5.74) is 9.37. The van der Waals surface area contributed by atoms with E-state index in [1.165, 1.54) is 16.7 Å². The van der Waals surface area contributed by atoms with Gasteiger partial charge in [-0.25, -0.2) is 0 Å². The van der Waals surface area contributed by atoms with Crippen molar-refractivity contribution in [2.75, 3.05) is 13.2 Å². The fourth-order valence-corrected chi connectivity index (χ4v) is 3.38. The predicted octanol–water partition coefficient (Wildman–Crippen LogP) is 2.88. The third kappa shape index (κ3) is 3.04. The van der Waals surface area contributed by atoms with Gasteiger partial charge in [0, 0.05) is 11.8 Å². The Labute approximate surface area is 131 Å². The highest BCUT2D eigenvalue weighted by atomic mass is 16.5. The molecule has 0 saturated heterocycles. The van der Waals surface area contributed by atoms with Crippen molar-refractivity contribution in [3.05, 3.63) is 71.3 Å². The molecule has 0 saturated carbocycles. The maximum atomic E-state index is 11.4. The molecular weight excluding hydrogens is 274 g/mol. The van der Waals surface area contributed by atoms with Crippen LogP contribution in [0.25, 0.3) is 0 Å². The Morgan fingerprint density at radius 2 is 1.82 bits per heavy atom. The molecule has 114 valence electrons. The minimum absolute atomic E-state index is 0.0562. The van der Waals surface area contributed by atoms with E-state index in [0.29, 0.717) is 12.5 Å². The fraction of sp³-hybridized carbons (Fsp3) is 0.316.